The van der Waals surface area contributed by atoms with E-state index in [9.17, 15) is 0 Å². The number of nitrogens with zero attached hydrogens (tertiary/aromatic N) is 2. The van der Waals surface area contributed by atoms with Gasteiger partial charge in [-0.15, -0.1) is 0 Å². The van der Waals surface area contributed by atoms with Gasteiger partial charge in [-0.2, -0.15) is 0 Å². The van der Waals surface area contributed by atoms with Crippen LogP contribution in [0.5, 0.6) is 0 Å². The minimum absolute atomic E-state index is 0.822. The number of halogens is 5. The minimum Gasteiger partial charge on any atom is -0.356 e. The molecule has 522 valence electrons. The van der Waals surface area contributed by atoms with Crippen LogP contribution in [0.3, 0.4) is 0 Å². The Morgan fingerprint density at radius 2 is 0.542 bits per heavy atom. The summed E-state index contributed by atoms with van der Waals surface area (Å²) in [6.07, 6.45) is 0. The van der Waals surface area contributed by atoms with Gasteiger partial charge in [0, 0.05) is 62.5 Å². The van der Waals surface area contributed by atoms with Crippen molar-refractivity contribution in [3.63, 3.8) is 0 Å². The second kappa shape index (κ2) is 37.2. The fraction of sp³-hybridized carbons (Fsp3) is 0. The molecule has 0 aliphatic heterocycles. The average molecular weight is 1830 g/mol. The Balaban J connectivity index is 0.000000119. The number of hydrogen-bond donors (Lipinski definition) is 2. The summed E-state index contributed by atoms with van der Waals surface area (Å²) in [5, 5.41) is 8.65. The van der Waals surface area contributed by atoms with Crippen LogP contribution in [0.4, 0.5) is 17.1 Å². The molecular weight excluding hydrogens is 1760 g/mol. The van der Waals surface area contributed by atoms with E-state index in [0.717, 1.165) is 30.5 Å². The minimum atomic E-state index is -3.04. The molecule has 16 aromatic carbocycles. The standard InChI is InChI=1S/C24H19BrGe.C24H18N2.C18H15ClGe.C18H12IN.C6H4Br2.C6H7N/c25-20-16-18-24(19-17-20)26(21-10-4-1-5-11-21,22-12-6-2-7-13-22)23-14-8-3-9-15-23;1-3-9-18(10-4-1)25-19-15-16-24-22(17-19)21-13-7-8-14-23(21)26(24)20-11-5-2-6-12-20;19-20(16-10-4-1-5-11-16,17-12-6-2-7-13-17)18-14-8-3-9-15-18;19-13-10-11-18-16(12-13)15-8-4-5-9-17(15)20(18)14-6-2-1-3-7-14;7-5-1-2-6(8)4-3-5;7-6-4-2-1-3-5-6/h1-19H;1-17,25H;1-15H;1-12H;1-4H;1-5H,7H2. The van der Waals surface area contributed by atoms with Crippen molar-refractivity contribution < 1.29 is 0 Å². The predicted octanol–water partition coefficient (Wildman–Crippen LogP) is 23.1. The molecule has 0 spiro atoms. The summed E-state index contributed by atoms with van der Waals surface area (Å²) in [5.74, 6) is 0. The number of benzene rings is 16. The SMILES string of the molecule is Brc1cc[c]([Ge]([c]2ccccc2)([c]2ccccc2)[c]2ccccc2)cc1.Brc1ccc(Br)cc1.Ic1ccc2c(c1)c1ccccc1n2-c1ccccc1.Nc1ccccc1.[Cl][Ge]([c]1ccccc1)([c]1ccccc1)[c]1ccccc1.c1ccc(Nc2ccc3c(c2)c2ccccc2n3-c2ccccc2)cc1. The number of nitrogen functional groups attached to an aromatic ring is 1. The van der Waals surface area contributed by atoms with Gasteiger partial charge in [-0.3, -0.25) is 0 Å². The zero-order chi connectivity index (χ0) is 73.6. The van der Waals surface area contributed by atoms with Gasteiger partial charge in [0.05, 0.1) is 22.1 Å². The van der Waals surface area contributed by atoms with E-state index >= 15 is 0 Å². The Labute approximate surface area is 675 Å². The Morgan fingerprint density at radius 1 is 0.262 bits per heavy atom. The molecule has 0 aliphatic rings. The molecule has 18 rings (SSSR count). The van der Waals surface area contributed by atoms with E-state index in [2.05, 4.69) is 431 Å². The largest absolute Gasteiger partial charge is 0.356 e. The summed E-state index contributed by atoms with van der Waals surface area (Å²) < 4.78 is 18.9. The van der Waals surface area contributed by atoms with E-state index < -0.39 is 25.6 Å². The molecule has 107 heavy (non-hydrogen) atoms. The molecule has 2 aromatic heterocycles. The number of nitrogens with one attached hydrogen (secondary N) is 1. The summed E-state index contributed by atoms with van der Waals surface area (Å²) in [6.45, 7) is 0. The predicted molar refractivity (Wildman–Crippen MR) is 484 cm³/mol. The first kappa shape index (κ1) is 75.5. The van der Waals surface area contributed by atoms with Crippen molar-refractivity contribution in [1.29, 1.82) is 0 Å². The van der Waals surface area contributed by atoms with E-state index in [1.54, 1.807) is 0 Å². The van der Waals surface area contributed by atoms with Crippen LogP contribution in [-0.2, 0) is 0 Å². The van der Waals surface area contributed by atoms with E-state index in [1.165, 1.54) is 89.3 Å². The first-order chi connectivity index (χ1) is 52.6. The molecule has 2 heterocycles. The molecule has 4 nitrogen and oxygen atoms in total. The van der Waals surface area contributed by atoms with Crippen molar-refractivity contribution in [2.45, 2.75) is 0 Å². The van der Waals surface area contributed by atoms with Gasteiger partial charge in [-0.1, -0.05) is 141 Å². The van der Waals surface area contributed by atoms with Gasteiger partial charge in [-0.05, 0) is 144 Å². The molecule has 0 saturated carbocycles. The van der Waals surface area contributed by atoms with Gasteiger partial charge in [-0.25, -0.2) is 0 Å². The van der Waals surface area contributed by atoms with Gasteiger partial charge < -0.3 is 20.2 Å². The van der Waals surface area contributed by atoms with Crippen LogP contribution >= 0.6 is 80.4 Å². The normalized spacial score (nSPS) is 10.9. The Bertz CT molecular complexity index is 5550. The van der Waals surface area contributed by atoms with Gasteiger partial charge in [0.1, 0.15) is 0 Å². The third-order valence-electron chi connectivity index (χ3n) is 18.4. The number of aromatic nitrogens is 2. The maximum atomic E-state index is 7.30. The smallest absolute Gasteiger partial charge is 0.0542 e. The first-order valence-corrected chi connectivity index (χ1v) is 48.8. The zero-order valence-corrected chi connectivity index (χ0v) is 70.3. The topological polar surface area (TPSA) is 47.9 Å². The van der Waals surface area contributed by atoms with Gasteiger partial charge in [0.2, 0.25) is 0 Å². The van der Waals surface area contributed by atoms with Crippen LogP contribution in [0.2, 0.25) is 0 Å². The fourth-order valence-corrected chi connectivity index (χ4v) is 32.9. The van der Waals surface area contributed by atoms with Crippen molar-refractivity contribution in [2.24, 2.45) is 0 Å². The van der Waals surface area contributed by atoms with Crippen LogP contribution < -0.4 is 41.8 Å². The number of anilines is 3. The molecule has 18 aromatic rings. The van der Waals surface area contributed by atoms with Crippen LogP contribution in [0.25, 0.3) is 55.0 Å². The van der Waals surface area contributed by atoms with E-state index in [4.69, 9.17) is 15.7 Å². The van der Waals surface area contributed by atoms with Crippen LogP contribution in [0, 0.1) is 3.57 Å². The quantitative estimate of drug-likeness (QED) is 0.0770. The summed E-state index contributed by atoms with van der Waals surface area (Å²) in [7, 11) is 7.30. The molecule has 0 radical (unpaired) electrons. The second-order valence-electron chi connectivity index (χ2n) is 25.2. The Kier molecular flexibility index (Phi) is 26.2. The summed E-state index contributed by atoms with van der Waals surface area (Å²) in [5.41, 5.74) is 15.7. The average Bonchev–Trinajstić information content (AvgIpc) is 1.65. The van der Waals surface area contributed by atoms with Crippen molar-refractivity contribution in [2.75, 3.05) is 11.1 Å². The van der Waals surface area contributed by atoms with Crippen LogP contribution in [0.1, 0.15) is 0 Å². The van der Waals surface area contributed by atoms with E-state index in [-0.39, 0.29) is 0 Å². The summed E-state index contributed by atoms with van der Waals surface area (Å²) >= 11 is 6.57. The van der Waals surface area contributed by atoms with Crippen molar-refractivity contribution in [3.8, 4) is 11.4 Å². The molecule has 11 heteroatoms. The molecule has 0 atom stereocenters. The van der Waals surface area contributed by atoms with Crippen LogP contribution in [0.15, 0.2) is 450 Å². The number of hydrogen-bond acceptors (Lipinski definition) is 2. The summed E-state index contributed by atoms with van der Waals surface area (Å²) in [4.78, 5) is 0. The second-order valence-corrected chi connectivity index (χ2v) is 46.5. The third-order valence-corrected chi connectivity index (χ3v) is 41.2. The van der Waals surface area contributed by atoms with Crippen molar-refractivity contribution >= 4 is 197 Å². The number of fused-ring (bicyclic) bond motifs is 6. The number of nitrogens with two attached hydrogens (primary N) is 1. The zero-order valence-electron chi connectivity index (χ0n) is 58.4. The molecule has 0 aliphatic carbocycles. The summed E-state index contributed by atoms with van der Waals surface area (Å²) in [6, 6.07) is 153. The first-order valence-electron chi connectivity index (χ1n) is 35.2. The number of rotatable bonds is 11. The van der Waals surface area contributed by atoms with Crippen LogP contribution in [-0.4, -0.2) is 34.7 Å². The Hall–Kier alpha value is -9.73. The number of para-hydroxylation sites is 6. The molecule has 0 saturated heterocycles. The van der Waals surface area contributed by atoms with Gasteiger partial charge in [0.15, 0.2) is 0 Å². The van der Waals surface area contributed by atoms with Gasteiger partial charge >= 0.3 is 293 Å². The molecule has 0 fully saturated rings. The molecule has 0 bridgehead atoms. The monoisotopic (exact) mass is 1830 g/mol. The molecular formula is C96H75Br3ClGe2IN4. The maximum absolute atomic E-state index is 7.30. The fourth-order valence-electron chi connectivity index (χ4n) is 13.5. The molecule has 0 amide bonds. The maximum Gasteiger partial charge on any atom is 0.0542 e. The Morgan fingerprint density at radius 3 is 0.907 bits per heavy atom. The van der Waals surface area contributed by atoms with E-state index in [0.29, 0.717) is 0 Å². The van der Waals surface area contributed by atoms with Gasteiger partial charge in [0.25, 0.3) is 0 Å². The van der Waals surface area contributed by atoms with Crippen molar-refractivity contribution in [3.05, 3.63) is 454 Å². The third kappa shape index (κ3) is 18.3. The van der Waals surface area contributed by atoms with Crippen molar-refractivity contribution in [1.82, 2.24) is 9.13 Å². The van der Waals surface area contributed by atoms with E-state index in [1.807, 2.05) is 91.0 Å². The molecule has 0 unspecified atom stereocenters. The molecule has 3 N–H and O–H groups in total.